The van der Waals surface area contributed by atoms with Gasteiger partial charge in [0, 0.05) is 22.6 Å². The van der Waals surface area contributed by atoms with Gasteiger partial charge < -0.3 is 24.9 Å². The molecule has 0 saturated heterocycles. The third-order valence-corrected chi connectivity index (χ3v) is 5.73. The average Bonchev–Trinajstić information content (AvgIpc) is 3.25. The van der Waals surface area contributed by atoms with Gasteiger partial charge in [-0.05, 0) is 23.3 Å². The van der Waals surface area contributed by atoms with Crippen LogP contribution in [0.5, 0.6) is 0 Å². The van der Waals surface area contributed by atoms with Crippen LogP contribution in [0.25, 0.3) is 10.9 Å². The first kappa shape index (κ1) is 20.0. The zero-order valence-corrected chi connectivity index (χ0v) is 19.9. The van der Waals surface area contributed by atoms with Crippen molar-refractivity contribution in [2.45, 2.75) is 45.1 Å². The Morgan fingerprint density at radius 1 is 0.971 bits per heavy atom. The van der Waals surface area contributed by atoms with Crippen LogP contribution in [-0.4, -0.2) is 28.9 Å². The minimum absolute atomic E-state index is 0.0254. The predicted molar refractivity (Wildman–Crippen MR) is 138 cm³/mol. The molecule has 0 aliphatic carbocycles. The van der Waals surface area contributed by atoms with Crippen molar-refractivity contribution >= 4 is 16.6 Å². The van der Waals surface area contributed by atoms with Crippen LogP contribution in [0.1, 0.15) is 36.2 Å². The summed E-state index contributed by atoms with van der Waals surface area (Å²) in [5.41, 5.74) is 6.66. The Kier molecular flexibility index (Phi) is 6.32. The van der Waals surface area contributed by atoms with Gasteiger partial charge in [-0.25, -0.2) is 4.39 Å². The van der Waals surface area contributed by atoms with Crippen LogP contribution in [0.15, 0.2) is 78.9 Å². The molecule has 3 aromatic carbocycles. The lowest BCUT2D eigenvalue weighted by atomic mass is 9.90. The first-order valence-corrected chi connectivity index (χ1v) is 11.4. The van der Waals surface area contributed by atoms with E-state index in [0.717, 1.165) is 11.1 Å². The number of benzene rings is 3. The summed E-state index contributed by atoms with van der Waals surface area (Å²) in [6.07, 6.45) is -1.66. The van der Waals surface area contributed by atoms with Gasteiger partial charge in [0.1, 0.15) is 5.82 Å². The summed E-state index contributed by atoms with van der Waals surface area (Å²) in [5.74, 6) is -0.674. The number of anilines is 1. The van der Waals surface area contributed by atoms with Gasteiger partial charge in [0.2, 0.25) is 0 Å². The zero-order valence-electron chi connectivity index (χ0n) is 23.9. The van der Waals surface area contributed by atoms with Crippen molar-refractivity contribution in [3.05, 3.63) is 102 Å². The van der Waals surface area contributed by atoms with Crippen LogP contribution in [0, 0.1) is 5.82 Å². The Morgan fingerprint density at radius 3 is 2.20 bits per heavy atom. The molecule has 0 saturated carbocycles. The van der Waals surface area contributed by atoms with Gasteiger partial charge in [-0.3, -0.25) is 0 Å². The normalized spacial score (nSPS) is 15.3. The Balaban J connectivity index is 1.67. The monoisotopic (exact) mass is 480 g/mol. The Bertz CT molecular complexity index is 1410. The molecule has 5 nitrogen and oxygen atoms in total. The molecule has 3 N–H and O–H groups in total. The van der Waals surface area contributed by atoms with Crippen LogP contribution in [0.2, 0.25) is 0 Å². The van der Waals surface area contributed by atoms with E-state index in [-0.39, 0.29) is 25.4 Å². The summed E-state index contributed by atoms with van der Waals surface area (Å²) in [4.78, 5) is 0. The molecular formula is C29H33FN2O3. The number of rotatable bonds is 11. The van der Waals surface area contributed by atoms with E-state index in [0.29, 0.717) is 16.6 Å². The summed E-state index contributed by atoms with van der Waals surface area (Å²) >= 11 is 0. The summed E-state index contributed by atoms with van der Waals surface area (Å²) in [6.45, 7) is -1.73. The molecule has 1 unspecified atom stereocenters. The predicted octanol–water partition coefficient (Wildman–Crippen LogP) is 5.43. The minimum atomic E-state index is -2.46. The molecular weight excluding hydrogens is 443 g/mol. The number of nitrogen functional groups attached to an aromatic ring is 1. The van der Waals surface area contributed by atoms with Gasteiger partial charge in [0.15, 0.2) is 0 Å². The van der Waals surface area contributed by atoms with Crippen molar-refractivity contribution in [3.63, 3.8) is 0 Å². The van der Waals surface area contributed by atoms with E-state index >= 15 is 0 Å². The van der Waals surface area contributed by atoms with E-state index in [1.807, 2.05) is 36.4 Å². The molecule has 0 spiro atoms. The third kappa shape index (κ3) is 6.28. The van der Waals surface area contributed by atoms with E-state index in [9.17, 15) is 9.50 Å². The molecule has 1 heterocycles. The second-order valence-electron chi connectivity index (χ2n) is 8.98. The fourth-order valence-electron chi connectivity index (χ4n) is 3.95. The quantitative estimate of drug-likeness (QED) is 0.281. The van der Waals surface area contributed by atoms with Gasteiger partial charge in [-0.15, -0.1) is 0 Å². The molecule has 0 fully saturated rings. The fourth-order valence-corrected chi connectivity index (χ4v) is 3.95. The van der Waals surface area contributed by atoms with Crippen LogP contribution in [0.3, 0.4) is 0 Å². The number of ether oxygens (including phenoxy) is 2. The molecule has 0 radical (unpaired) electrons. The van der Waals surface area contributed by atoms with Gasteiger partial charge in [-0.2, -0.15) is 0 Å². The maximum atomic E-state index is 14.6. The van der Waals surface area contributed by atoms with E-state index in [2.05, 4.69) is 0 Å². The van der Waals surface area contributed by atoms with Gasteiger partial charge in [-0.1, -0.05) is 74.5 Å². The van der Waals surface area contributed by atoms with Crippen LogP contribution < -0.4 is 5.73 Å². The summed E-state index contributed by atoms with van der Waals surface area (Å²) < 4.78 is 61.6. The number of aromatic nitrogens is 1. The molecule has 4 aromatic rings. The van der Waals surface area contributed by atoms with Crippen molar-refractivity contribution in [2.75, 3.05) is 18.9 Å². The molecule has 35 heavy (non-hydrogen) atoms. The van der Waals surface area contributed by atoms with Crippen LogP contribution in [-0.2, 0) is 34.6 Å². The fraction of sp³-hybridized carbons (Fsp3) is 0.310. The van der Waals surface area contributed by atoms with E-state index in [4.69, 9.17) is 20.7 Å². The molecule has 0 aliphatic rings. The van der Waals surface area contributed by atoms with Gasteiger partial charge in [0.05, 0.1) is 55.7 Å². The molecule has 0 aliphatic heterocycles. The van der Waals surface area contributed by atoms with Crippen LogP contribution in [0.4, 0.5) is 10.1 Å². The number of aliphatic hydroxyl groups is 1. The number of hydrogen-bond donors (Lipinski definition) is 2. The number of aliphatic hydroxyl groups excluding tert-OH is 1. The first-order chi connectivity index (χ1) is 18.3. The summed E-state index contributed by atoms with van der Waals surface area (Å²) in [5, 5.41) is 11.5. The highest BCUT2D eigenvalue weighted by Gasteiger charge is 2.28. The van der Waals surface area contributed by atoms with Crippen molar-refractivity contribution in [1.29, 1.82) is 0 Å². The maximum absolute atomic E-state index is 14.6. The standard InChI is InChI=1S/C29H33FN2O3/c1-29(2,20-35-18-22-11-7-4-8-12-22)28-14-23-13-26(31)25(30)15-27(23)32(28)16-24(33)19-34-17-21-9-5-3-6-10-21/h3-15,24,33H,16-20,31H2,1-2H3/i19D2,20D2. The van der Waals surface area contributed by atoms with Crippen molar-refractivity contribution in [2.24, 2.45) is 0 Å². The molecule has 4 rings (SSSR count). The highest BCUT2D eigenvalue weighted by molar-refractivity contribution is 5.85. The molecule has 0 bridgehead atoms. The number of nitrogens with two attached hydrogens (primary N) is 1. The molecule has 1 aromatic heterocycles. The summed E-state index contributed by atoms with van der Waals surface area (Å²) in [6, 6.07) is 22.5. The number of nitrogens with zero attached hydrogens (tertiary/aromatic N) is 1. The van der Waals surface area contributed by atoms with E-state index in [1.54, 1.807) is 44.2 Å². The Labute approximate surface area is 211 Å². The molecule has 1 atom stereocenters. The number of fused-ring (bicyclic) bond motifs is 1. The Hall–Kier alpha value is -3.19. The van der Waals surface area contributed by atoms with Crippen molar-refractivity contribution in [1.82, 2.24) is 4.57 Å². The van der Waals surface area contributed by atoms with Crippen LogP contribution >= 0.6 is 0 Å². The highest BCUT2D eigenvalue weighted by atomic mass is 19.1. The summed E-state index contributed by atoms with van der Waals surface area (Å²) in [7, 11) is 0. The van der Waals surface area contributed by atoms with Gasteiger partial charge in [0.25, 0.3) is 0 Å². The van der Waals surface area contributed by atoms with E-state index in [1.165, 1.54) is 16.7 Å². The third-order valence-electron chi connectivity index (χ3n) is 5.73. The lowest BCUT2D eigenvalue weighted by Crippen LogP contribution is -2.30. The Morgan fingerprint density at radius 2 is 1.57 bits per heavy atom. The molecule has 0 amide bonds. The van der Waals surface area contributed by atoms with Gasteiger partial charge >= 0.3 is 0 Å². The smallest absolute Gasteiger partial charge is 0.148 e. The maximum Gasteiger partial charge on any atom is 0.148 e. The second-order valence-corrected chi connectivity index (χ2v) is 8.98. The highest BCUT2D eigenvalue weighted by Crippen LogP contribution is 2.33. The topological polar surface area (TPSA) is 69.6 Å². The average molecular weight is 481 g/mol. The second kappa shape index (κ2) is 11.0. The lowest BCUT2D eigenvalue weighted by Gasteiger charge is -2.28. The van der Waals surface area contributed by atoms with E-state index < -0.39 is 30.5 Å². The number of halogens is 1. The molecule has 6 heteroatoms. The SMILES string of the molecule is [2H]C([2H])(OCc1ccccc1)C(O)Cn1c(C(C)(C)C([2H])([2H])OCc2ccccc2)cc2cc(N)c(F)cc21. The van der Waals surface area contributed by atoms with Crippen molar-refractivity contribution < 1.29 is 24.5 Å². The molecule has 184 valence electrons. The lowest BCUT2D eigenvalue weighted by molar-refractivity contribution is 0.0195. The largest absolute Gasteiger partial charge is 0.396 e. The van der Waals surface area contributed by atoms with Crippen molar-refractivity contribution in [3.8, 4) is 0 Å². The number of hydrogen-bond acceptors (Lipinski definition) is 4. The zero-order chi connectivity index (χ0) is 28.4. The first-order valence-electron chi connectivity index (χ1n) is 13.4. The minimum Gasteiger partial charge on any atom is -0.396 e.